The molecule has 1 fully saturated rings. The van der Waals surface area contributed by atoms with Gasteiger partial charge in [0.15, 0.2) is 0 Å². The minimum Gasteiger partial charge on any atom is -0.497 e. The van der Waals surface area contributed by atoms with Crippen LogP contribution >= 0.6 is 28.3 Å². The van der Waals surface area contributed by atoms with Crippen LogP contribution < -0.4 is 10.5 Å². The Morgan fingerprint density at radius 3 is 2.67 bits per heavy atom. The fourth-order valence-electron chi connectivity index (χ4n) is 2.30. The molecule has 1 unspecified atom stereocenters. The molecule has 0 aliphatic carbocycles. The number of halogens is 2. The molecule has 1 atom stereocenters. The van der Waals surface area contributed by atoms with Crippen molar-refractivity contribution < 1.29 is 13.2 Å². The monoisotopic (exact) mass is 398 g/mol. The predicted molar refractivity (Wildman–Crippen MR) is 88.5 cm³/mol. The van der Waals surface area contributed by atoms with Crippen LogP contribution in [0.3, 0.4) is 0 Å². The second kappa shape index (κ2) is 6.83. The third kappa shape index (κ3) is 3.71. The first-order chi connectivity index (χ1) is 9.32. The van der Waals surface area contributed by atoms with Gasteiger partial charge in [0.25, 0.3) is 0 Å². The average molecular weight is 400 g/mol. The molecule has 2 rings (SSSR count). The summed E-state index contributed by atoms with van der Waals surface area (Å²) in [6.07, 6.45) is 0.782. The van der Waals surface area contributed by atoms with E-state index in [1.54, 1.807) is 12.1 Å². The molecule has 1 saturated heterocycles. The van der Waals surface area contributed by atoms with Crippen molar-refractivity contribution >= 4 is 38.4 Å². The Bertz CT molecular complexity index is 611. The van der Waals surface area contributed by atoms with Gasteiger partial charge in [-0.2, -0.15) is 4.31 Å². The summed E-state index contributed by atoms with van der Waals surface area (Å²) in [7, 11) is -2.02. The summed E-state index contributed by atoms with van der Waals surface area (Å²) >= 11 is 3.30. The zero-order chi connectivity index (χ0) is 15.0. The van der Waals surface area contributed by atoms with E-state index >= 15 is 0 Å². The number of methoxy groups -OCH3 is 1. The van der Waals surface area contributed by atoms with Gasteiger partial charge >= 0.3 is 0 Å². The first-order valence-electron chi connectivity index (χ1n) is 6.36. The van der Waals surface area contributed by atoms with Gasteiger partial charge in [-0.1, -0.05) is 6.92 Å². The molecular formula is C13H20BrClN2O3S. The smallest absolute Gasteiger partial charge is 0.244 e. The minimum atomic E-state index is -3.53. The maximum atomic E-state index is 12.7. The van der Waals surface area contributed by atoms with E-state index in [2.05, 4.69) is 15.9 Å². The summed E-state index contributed by atoms with van der Waals surface area (Å²) in [4.78, 5) is 0.234. The lowest BCUT2D eigenvalue weighted by atomic mass is 9.90. The van der Waals surface area contributed by atoms with Gasteiger partial charge in [-0.15, -0.1) is 12.4 Å². The lowest BCUT2D eigenvalue weighted by Gasteiger charge is -2.22. The largest absolute Gasteiger partial charge is 0.497 e. The van der Waals surface area contributed by atoms with Crippen LogP contribution in [0.25, 0.3) is 0 Å². The van der Waals surface area contributed by atoms with E-state index in [0.29, 0.717) is 29.9 Å². The summed E-state index contributed by atoms with van der Waals surface area (Å²) in [5.41, 5.74) is 5.60. The SMILES string of the molecule is COc1ccc(Br)c(S(=O)(=O)N2CCC(C)(CN)C2)c1.Cl. The minimum absolute atomic E-state index is 0. The molecule has 5 nitrogen and oxygen atoms in total. The van der Waals surface area contributed by atoms with Crippen molar-refractivity contribution in [3.8, 4) is 5.75 Å². The van der Waals surface area contributed by atoms with Gasteiger partial charge < -0.3 is 10.5 Å². The van der Waals surface area contributed by atoms with Crippen LogP contribution in [0, 0.1) is 5.41 Å². The molecule has 0 saturated carbocycles. The van der Waals surface area contributed by atoms with Crippen molar-refractivity contribution in [3.63, 3.8) is 0 Å². The van der Waals surface area contributed by atoms with Crippen LogP contribution in [0.4, 0.5) is 0 Å². The molecule has 21 heavy (non-hydrogen) atoms. The van der Waals surface area contributed by atoms with Gasteiger partial charge in [-0.05, 0) is 46.4 Å². The van der Waals surface area contributed by atoms with Crippen LogP contribution in [-0.4, -0.2) is 39.5 Å². The Kier molecular flexibility index (Phi) is 6.08. The number of benzene rings is 1. The zero-order valence-electron chi connectivity index (χ0n) is 12.0. The number of ether oxygens (including phenoxy) is 1. The molecule has 0 aromatic heterocycles. The molecule has 120 valence electrons. The van der Waals surface area contributed by atoms with E-state index in [1.165, 1.54) is 17.5 Å². The molecule has 0 amide bonds. The molecule has 1 aromatic carbocycles. The maximum Gasteiger partial charge on any atom is 0.244 e. The number of nitrogens with zero attached hydrogens (tertiary/aromatic N) is 1. The van der Waals surface area contributed by atoms with Crippen LogP contribution in [-0.2, 0) is 10.0 Å². The second-order valence-corrected chi connectivity index (χ2v) is 8.16. The van der Waals surface area contributed by atoms with E-state index < -0.39 is 10.0 Å². The summed E-state index contributed by atoms with van der Waals surface area (Å²) in [5, 5.41) is 0. The van der Waals surface area contributed by atoms with Crippen molar-refractivity contribution in [3.05, 3.63) is 22.7 Å². The number of hydrogen-bond acceptors (Lipinski definition) is 4. The lowest BCUT2D eigenvalue weighted by Crippen LogP contribution is -2.34. The Morgan fingerprint density at radius 1 is 1.48 bits per heavy atom. The fourth-order valence-corrected chi connectivity index (χ4v) is 4.83. The van der Waals surface area contributed by atoms with E-state index in [0.717, 1.165) is 6.42 Å². The maximum absolute atomic E-state index is 12.7. The van der Waals surface area contributed by atoms with Crippen LogP contribution in [0.2, 0.25) is 0 Å². The number of hydrogen-bond donors (Lipinski definition) is 1. The summed E-state index contributed by atoms with van der Waals surface area (Å²) < 4.78 is 32.6. The number of sulfonamides is 1. The molecular weight excluding hydrogens is 380 g/mol. The van der Waals surface area contributed by atoms with Gasteiger partial charge in [0, 0.05) is 23.6 Å². The van der Waals surface area contributed by atoms with Gasteiger partial charge in [0.05, 0.1) is 7.11 Å². The molecule has 1 aliphatic rings. The standard InChI is InChI=1S/C13H19BrN2O3S.ClH/c1-13(8-15)5-6-16(9-13)20(17,18)12-7-10(19-2)3-4-11(12)14;/h3-4,7H,5-6,8-9,15H2,1-2H3;1H. The van der Waals surface area contributed by atoms with Crippen molar-refractivity contribution in [1.82, 2.24) is 4.31 Å². The van der Waals surface area contributed by atoms with Gasteiger partial charge in [0.1, 0.15) is 10.6 Å². The van der Waals surface area contributed by atoms with Crippen molar-refractivity contribution in [1.29, 1.82) is 0 Å². The van der Waals surface area contributed by atoms with E-state index in [1.807, 2.05) is 6.92 Å². The zero-order valence-corrected chi connectivity index (χ0v) is 15.2. The molecule has 0 bridgehead atoms. The van der Waals surface area contributed by atoms with Crippen LogP contribution in [0.5, 0.6) is 5.75 Å². The summed E-state index contributed by atoms with van der Waals surface area (Å²) in [5.74, 6) is 0.521. The number of nitrogens with two attached hydrogens (primary N) is 1. The molecule has 8 heteroatoms. The lowest BCUT2D eigenvalue weighted by molar-refractivity contribution is 0.349. The second-order valence-electron chi connectivity index (χ2n) is 5.40. The highest BCUT2D eigenvalue weighted by molar-refractivity contribution is 9.10. The quantitative estimate of drug-likeness (QED) is 0.843. The highest BCUT2D eigenvalue weighted by Gasteiger charge is 2.39. The molecule has 1 aliphatic heterocycles. The van der Waals surface area contributed by atoms with E-state index in [-0.39, 0.29) is 22.7 Å². The molecule has 1 aromatic rings. The molecule has 0 spiro atoms. The Balaban J connectivity index is 0.00000220. The fraction of sp³-hybridized carbons (Fsp3) is 0.538. The molecule has 2 N–H and O–H groups in total. The topological polar surface area (TPSA) is 72.6 Å². The van der Waals surface area contributed by atoms with E-state index in [9.17, 15) is 8.42 Å². The highest BCUT2D eigenvalue weighted by Crippen LogP contribution is 2.35. The molecule has 1 heterocycles. The Labute approximate surface area is 140 Å². The Morgan fingerprint density at radius 2 is 2.14 bits per heavy atom. The first kappa shape index (κ1) is 18.7. The highest BCUT2D eigenvalue weighted by atomic mass is 79.9. The first-order valence-corrected chi connectivity index (χ1v) is 8.59. The van der Waals surface area contributed by atoms with Gasteiger partial charge in [0.2, 0.25) is 10.0 Å². The van der Waals surface area contributed by atoms with Crippen LogP contribution in [0.15, 0.2) is 27.6 Å². The Hall–Kier alpha value is -0.340. The average Bonchev–Trinajstić information content (AvgIpc) is 2.83. The van der Waals surface area contributed by atoms with Crippen molar-refractivity contribution in [2.45, 2.75) is 18.2 Å². The normalized spacial score (nSPS) is 22.9. The van der Waals surface area contributed by atoms with Gasteiger partial charge in [-0.25, -0.2) is 8.42 Å². The third-order valence-corrected chi connectivity index (χ3v) is 6.61. The molecule has 0 radical (unpaired) electrons. The van der Waals surface area contributed by atoms with E-state index in [4.69, 9.17) is 10.5 Å². The van der Waals surface area contributed by atoms with Crippen molar-refractivity contribution in [2.24, 2.45) is 11.1 Å². The predicted octanol–water partition coefficient (Wildman–Crippen LogP) is 2.24. The number of rotatable bonds is 4. The van der Waals surface area contributed by atoms with Crippen molar-refractivity contribution in [2.75, 3.05) is 26.7 Å². The summed E-state index contributed by atoms with van der Waals surface area (Å²) in [6, 6.07) is 4.94. The van der Waals surface area contributed by atoms with Gasteiger partial charge in [-0.3, -0.25) is 0 Å². The third-order valence-electron chi connectivity index (χ3n) is 3.77. The summed E-state index contributed by atoms with van der Waals surface area (Å²) in [6.45, 7) is 3.45. The van der Waals surface area contributed by atoms with Crippen LogP contribution in [0.1, 0.15) is 13.3 Å².